The van der Waals surface area contributed by atoms with Gasteiger partial charge in [-0.15, -0.1) is 0 Å². The van der Waals surface area contributed by atoms with Crippen molar-refractivity contribution in [2.45, 2.75) is 25.7 Å². The fourth-order valence-electron chi connectivity index (χ4n) is 3.51. The molecule has 2 aromatic heterocycles. The summed E-state index contributed by atoms with van der Waals surface area (Å²) < 4.78 is 20.0. The first kappa shape index (κ1) is 18.9. The topological polar surface area (TPSA) is 89.2 Å². The highest BCUT2D eigenvalue weighted by Gasteiger charge is 2.25. The summed E-state index contributed by atoms with van der Waals surface area (Å²) in [5, 5.41) is 10.0. The van der Waals surface area contributed by atoms with E-state index in [9.17, 15) is 14.0 Å². The molecule has 0 atom stereocenters. The molecule has 3 aromatic rings. The van der Waals surface area contributed by atoms with Crippen LogP contribution in [0.15, 0.2) is 47.1 Å². The Labute approximate surface area is 166 Å². The van der Waals surface area contributed by atoms with Gasteiger partial charge in [0.1, 0.15) is 5.82 Å². The highest BCUT2D eigenvalue weighted by molar-refractivity contribution is 5.94. The number of halogens is 1. The maximum atomic E-state index is 13.3. The summed E-state index contributed by atoms with van der Waals surface area (Å²) in [4.78, 5) is 24.5. The van der Waals surface area contributed by atoms with E-state index in [0.29, 0.717) is 5.69 Å². The lowest BCUT2D eigenvalue weighted by molar-refractivity contribution is 0.0908. The first-order valence-electron chi connectivity index (χ1n) is 9.60. The fraction of sp³-hybridized carbons (Fsp3) is 0.286. The lowest BCUT2D eigenvalue weighted by atomic mass is 9.95. The molecule has 1 aliphatic rings. The molecule has 0 saturated carbocycles. The molecular formula is C21H21FN4O3. The number of nitrogens with one attached hydrogen (secondary N) is 2. The normalized spacial score (nSPS) is 13.0. The van der Waals surface area contributed by atoms with Crippen molar-refractivity contribution < 1.29 is 18.4 Å². The third kappa shape index (κ3) is 4.06. The summed E-state index contributed by atoms with van der Waals surface area (Å²) in [5.74, 6) is -0.703. The van der Waals surface area contributed by atoms with Crippen molar-refractivity contribution in [2.75, 3.05) is 13.1 Å². The quantitative estimate of drug-likeness (QED) is 0.627. The van der Waals surface area contributed by atoms with Gasteiger partial charge in [0, 0.05) is 24.3 Å². The van der Waals surface area contributed by atoms with Gasteiger partial charge in [0.15, 0.2) is 11.5 Å². The molecule has 0 spiro atoms. The van der Waals surface area contributed by atoms with Crippen LogP contribution in [0.2, 0.25) is 0 Å². The predicted octanol–water partition coefficient (Wildman–Crippen LogP) is 2.64. The molecule has 1 aliphatic carbocycles. The minimum absolute atomic E-state index is 0.225. The minimum atomic E-state index is -0.331. The van der Waals surface area contributed by atoms with Gasteiger partial charge in [-0.25, -0.2) is 9.07 Å². The van der Waals surface area contributed by atoms with Crippen molar-refractivity contribution >= 4 is 11.8 Å². The zero-order chi connectivity index (χ0) is 20.2. The number of furan rings is 1. The van der Waals surface area contributed by atoms with Gasteiger partial charge in [0.2, 0.25) is 0 Å². The van der Waals surface area contributed by atoms with Gasteiger partial charge in [-0.05, 0) is 62.1 Å². The van der Waals surface area contributed by atoms with Crippen molar-refractivity contribution in [3.05, 3.63) is 71.2 Å². The SMILES string of the molecule is O=C(NCCNC(=O)c1nn(-c2ccc(F)cc2)c2c1CCCC2)c1ccco1. The van der Waals surface area contributed by atoms with E-state index >= 15 is 0 Å². The van der Waals surface area contributed by atoms with Gasteiger partial charge in [-0.2, -0.15) is 5.10 Å². The van der Waals surface area contributed by atoms with E-state index in [1.807, 2.05) is 0 Å². The van der Waals surface area contributed by atoms with Crippen molar-refractivity contribution in [1.29, 1.82) is 0 Å². The Bertz CT molecular complexity index is 1010. The van der Waals surface area contributed by atoms with Crippen LogP contribution in [0, 0.1) is 5.82 Å². The summed E-state index contributed by atoms with van der Waals surface area (Å²) in [5.41, 5.74) is 3.06. The lowest BCUT2D eigenvalue weighted by Crippen LogP contribution is -2.35. The maximum absolute atomic E-state index is 13.3. The molecule has 2 heterocycles. The van der Waals surface area contributed by atoms with Crippen LogP contribution in [-0.2, 0) is 12.8 Å². The van der Waals surface area contributed by atoms with Gasteiger partial charge in [0.25, 0.3) is 11.8 Å². The van der Waals surface area contributed by atoms with Crippen LogP contribution < -0.4 is 10.6 Å². The van der Waals surface area contributed by atoms with E-state index in [1.165, 1.54) is 18.4 Å². The summed E-state index contributed by atoms with van der Waals surface area (Å²) in [6.07, 6.45) is 5.07. The van der Waals surface area contributed by atoms with E-state index < -0.39 is 0 Å². The third-order valence-electron chi connectivity index (χ3n) is 4.91. The second-order valence-electron chi connectivity index (χ2n) is 6.86. The number of nitrogens with zero attached hydrogens (tertiary/aromatic N) is 2. The van der Waals surface area contributed by atoms with Crippen LogP contribution >= 0.6 is 0 Å². The van der Waals surface area contributed by atoms with Crippen molar-refractivity contribution in [2.24, 2.45) is 0 Å². The monoisotopic (exact) mass is 396 g/mol. The van der Waals surface area contributed by atoms with Crippen molar-refractivity contribution in [3.8, 4) is 5.69 Å². The standard InChI is InChI=1S/C21H21FN4O3/c22-14-7-9-15(10-8-14)26-17-5-2-1-4-16(17)19(25-26)21(28)24-12-11-23-20(27)18-6-3-13-29-18/h3,6-10,13H,1-2,4-5,11-12H2,(H,23,27)(H,24,28). The minimum Gasteiger partial charge on any atom is -0.459 e. The largest absolute Gasteiger partial charge is 0.459 e. The highest BCUT2D eigenvalue weighted by Crippen LogP contribution is 2.27. The summed E-state index contributed by atoms with van der Waals surface area (Å²) in [6.45, 7) is 0.537. The third-order valence-corrected chi connectivity index (χ3v) is 4.91. The average Bonchev–Trinajstić information content (AvgIpc) is 3.40. The van der Waals surface area contributed by atoms with Crippen LogP contribution in [-0.4, -0.2) is 34.7 Å². The second-order valence-corrected chi connectivity index (χ2v) is 6.86. The number of hydrogen-bond donors (Lipinski definition) is 2. The molecule has 150 valence electrons. The van der Waals surface area contributed by atoms with Crippen LogP contribution in [0.1, 0.15) is 45.1 Å². The number of benzene rings is 1. The Balaban J connectivity index is 1.44. The molecule has 29 heavy (non-hydrogen) atoms. The van der Waals surface area contributed by atoms with Gasteiger partial charge >= 0.3 is 0 Å². The molecule has 0 aliphatic heterocycles. The Hall–Kier alpha value is -3.42. The molecule has 8 heteroatoms. The molecule has 0 fully saturated rings. The predicted molar refractivity (Wildman–Crippen MR) is 104 cm³/mol. The van der Waals surface area contributed by atoms with E-state index in [1.54, 1.807) is 28.9 Å². The number of aromatic nitrogens is 2. The lowest BCUT2D eigenvalue weighted by Gasteiger charge is -2.14. The Morgan fingerprint density at radius 3 is 2.48 bits per heavy atom. The smallest absolute Gasteiger partial charge is 0.287 e. The highest BCUT2D eigenvalue weighted by atomic mass is 19.1. The fourth-order valence-corrected chi connectivity index (χ4v) is 3.51. The first-order valence-corrected chi connectivity index (χ1v) is 9.60. The number of carbonyl (C=O) groups excluding carboxylic acids is 2. The zero-order valence-corrected chi connectivity index (χ0v) is 15.8. The molecule has 0 unspecified atom stereocenters. The molecule has 1 aromatic carbocycles. The van der Waals surface area contributed by atoms with Crippen LogP contribution in [0.4, 0.5) is 4.39 Å². The molecule has 0 saturated heterocycles. The summed E-state index contributed by atoms with van der Waals surface area (Å²) >= 11 is 0. The van der Waals surface area contributed by atoms with Crippen molar-refractivity contribution in [1.82, 2.24) is 20.4 Å². The zero-order valence-electron chi connectivity index (χ0n) is 15.8. The molecule has 0 bridgehead atoms. The van der Waals surface area contributed by atoms with Crippen molar-refractivity contribution in [3.63, 3.8) is 0 Å². The van der Waals surface area contributed by atoms with Crippen LogP contribution in [0.5, 0.6) is 0 Å². The van der Waals surface area contributed by atoms with E-state index in [4.69, 9.17) is 4.42 Å². The van der Waals surface area contributed by atoms with Gasteiger partial charge in [0.05, 0.1) is 12.0 Å². The molecular weight excluding hydrogens is 375 g/mol. The first-order chi connectivity index (χ1) is 14.1. The number of amides is 2. The van der Waals surface area contributed by atoms with E-state index in [-0.39, 0.29) is 36.5 Å². The van der Waals surface area contributed by atoms with Crippen LogP contribution in [0.25, 0.3) is 5.69 Å². The second kappa shape index (κ2) is 8.30. The Kier molecular flexibility index (Phi) is 5.41. The molecule has 4 rings (SSSR count). The van der Waals surface area contributed by atoms with E-state index in [2.05, 4.69) is 15.7 Å². The van der Waals surface area contributed by atoms with E-state index in [0.717, 1.165) is 42.6 Å². The van der Waals surface area contributed by atoms with Gasteiger partial charge in [-0.1, -0.05) is 0 Å². The van der Waals surface area contributed by atoms with Gasteiger partial charge in [-0.3, -0.25) is 9.59 Å². The number of rotatable bonds is 6. The molecule has 2 N–H and O–H groups in total. The van der Waals surface area contributed by atoms with Crippen LogP contribution in [0.3, 0.4) is 0 Å². The summed E-state index contributed by atoms with van der Waals surface area (Å²) in [7, 11) is 0. The average molecular weight is 396 g/mol. The maximum Gasteiger partial charge on any atom is 0.287 e. The molecule has 0 radical (unpaired) electrons. The summed E-state index contributed by atoms with van der Waals surface area (Å²) in [6, 6.07) is 9.28. The molecule has 2 amide bonds. The number of hydrogen-bond acceptors (Lipinski definition) is 4. The molecule has 7 nitrogen and oxygen atoms in total. The number of carbonyl (C=O) groups is 2. The number of fused-ring (bicyclic) bond motifs is 1. The van der Waals surface area contributed by atoms with Gasteiger partial charge < -0.3 is 15.1 Å². The Morgan fingerprint density at radius 1 is 1.03 bits per heavy atom. The Morgan fingerprint density at radius 2 is 1.76 bits per heavy atom.